The summed E-state index contributed by atoms with van der Waals surface area (Å²) in [5.74, 6) is 0. The van der Waals surface area contributed by atoms with Gasteiger partial charge in [0.2, 0.25) is 0 Å². The van der Waals surface area contributed by atoms with Crippen molar-refractivity contribution in [3.63, 3.8) is 0 Å². The highest BCUT2D eigenvalue weighted by molar-refractivity contribution is 5.64. The first-order valence-electron chi connectivity index (χ1n) is 6.71. The number of nitrogens with one attached hydrogen (secondary N) is 1. The van der Waals surface area contributed by atoms with Crippen LogP contribution in [-0.2, 0) is 6.54 Å². The first-order valence-corrected chi connectivity index (χ1v) is 6.71. The van der Waals surface area contributed by atoms with Crippen molar-refractivity contribution in [3.8, 4) is 0 Å². The highest BCUT2D eigenvalue weighted by Gasteiger charge is 2.00. The maximum Gasteiger partial charge on any atom is 0.0777 e. The van der Waals surface area contributed by atoms with E-state index >= 15 is 0 Å². The summed E-state index contributed by atoms with van der Waals surface area (Å²) in [5, 5.41) is 3.21. The van der Waals surface area contributed by atoms with Crippen molar-refractivity contribution in [2.45, 2.75) is 27.3 Å². The molecule has 0 aliphatic heterocycles. The van der Waals surface area contributed by atoms with Crippen molar-refractivity contribution in [1.29, 1.82) is 0 Å². The van der Waals surface area contributed by atoms with E-state index in [0.29, 0.717) is 6.54 Å². The number of rotatable bonds is 4. The fraction of sp³-hybridized carbons (Fsp3) is 0.250. The monoisotopic (exact) mass is 270 g/mol. The van der Waals surface area contributed by atoms with Crippen LogP contribution in [0.1, 0.15) is 30.8 Å². The Morgan fingerprint density at radius 1 is 1.25 bits per heavy atom. The van der Waals surface area contributed by atoms with Gasteiger partial charge in [-0.3, -0.25) is 9.97 Å². The molecule has 0 aliphatic rings. The summed E-state index contributed by atoms with van der Waals surface area (Å²) in [7, 11) is 0. The molecule has 2 rings (SSSR count). The molecule has 3 N–H and O–H groups in total. The van der Waals surface area contributed by atoms with Crippen LogP contribution in [0.25, 0.3) is 5.70 Å². The van der Waals surface area contributed by atoms with Crippen LogP contribution in [0.3, 0.4) is 0 Å². The zero-order chi connectivity index (χ0) is 15.0. The Hall–Kier alpha value is -2.36. The van der Waals surface area contributed by atoms with Crippen molar-refractivity contribution >= 4 is 11.4 Å². The largest absolute Gasteiger partial charge is 0.399 e. The number of anilines is 1. The van der Waals surface area contributed by atoms with Gasteiger partial charge in [0.15, 0.2) is 0 Å². The van der Waals surface area contributed by atoms with Crippen molar-refractivity contribution in [2.24, 2.45) is 0 Å². The minimum atomic E-state index is 0.598. The molecule has 1 aromatic heterocycles. The van der Waals surface area contributed by atoms with Crippen LogP contribution < -0.4 is 11.1 Å². The minimum Gasteiger partial charge on any atom is -0.399 e. The molecule has 0 bridgehead atoms. The Labute approximate surface area is 120 Å². The lowest BCUT2D eigenvalue weighted by molar-refractivity contribution is 0.839. The van der Waals surface area contributed by atoms with E-state index in [-0.39, 0.29) is 0 Å². The molecule has 0 unspecified atom stereocenters. The molecule has 0 saturated heterocycles. The Bertz CT molecular complexity index is 547. The van der Waals surface area contributed by atoms with Crippen LogP contribution in [0.5, 0.6) is 0 Å². The van der Waals surface area contributed by atoms with Gasteiger partial charge >= 0.3 is 0 Å². The van der Waals surface area contributed by atoms with E-state index < -0.39 is 0 Å². The fourth-order valence-corrected chi connectivity index (χ4v) is 1.54. The average Bonchev–Trinajstić information content (AvgIpc) is 2.48. The van der Waals surface area contributed by atoms with Crippen molar-refractivity contribution in [2.75, 3.05) is 5.73 Å². The summed E-state index contributed by atoms with van der Waals surface area (Å²) in [6, 6.07) is 7.61. The molecule has 0 fully saturated rings. The van der Waals surface area contributed by atoms with Gasteiger partial charge in [-0.2, -0.15) is 0 Å². The predicted octanol–water partition coefficient (Wildman–Crippen LogP) is 3.15. The van der Waals surface area contributed by atoms with Crippen LogP contribution in [0.2, 0.25) is 0 Å². The molecule has 4 nitrogen and oxygen atoms in total. The number of nitrogens with two attached hydrogens (primary N) is 1. The summed E-state index contributed by atoms with van der Waals surface area (Å²) >= 11 is 0. The maximum atomic E-state index is 5.73. The molecular weight excluding hydrogens is 248 g/mol. The summed E-state index contributed by atoms with van der Waals surface area (Å²) < 4.78 is 0. The molecule has 4 heteroatoms. The number of aryl methyl sites for hydroxylation is 1. The molecular formula is C16H22N4. The fourth-order valence-electron chi connectivity index (χ4n) is 1.54. The van der Waals surface area contributed by atoms with Gasteiger partial charge < -0.3 is 11.1 Å². The Kier molecular flexibility index (Phi) is 6.23. The predicted molar refractivity (Wildman–Crippen MR) is 84.8 cm³/mol. The number of hydrogen-bond donors (Lipinski definition) is 2. The highest BCUT2D eigenvalue weighted by Crippen LogP contribution is 2.13. The SMILES string of the molecule is C=C(NCc1cnc(C)cn1)c1cccc(N)c1.CC. The highest BCUT2D eigenvalue weighted by atomic mass is 14.9. The quantitative estimate of drug-likeness (QED) is 0.838. The molecule has 0 saturated carbocycles. The smallest absolute Gasteiger partial charge is 0.0777 e. The Morgan fingerprint density at radius 3 is 2.60 bits per heavy atom. The van der Waals surface area contributed by atoms with E-state index in [1.165, 1.54) is 0 Å². The van der Waals surface area contributed by atoms with Gasteiger partial charge in [0.25, 0.3) is 0 Å². The second-order valence-corrected chi connectivity index (χ2v) is 4.11. The van der Waals surface area contributed by atoms with Gasteiger partial charge in [0, 0.05) is 17.6 Å². The topological polar surface area (TPSA) is 63.8 Å². The molecule has 1 aromatic carbocycles. The lowest BCUT2D eigenvalue weighted by Crippen LogP contribution is -2.12. The molecule has 106 valence electrons. The molecule has 0 amide bonds. The van der Waals surface area contributed by atoms with Crippen molar-refractivity contribution in [1.82, 2.24) is 15.3 Å². The van der Waals surface area contributed by atoms with E-state index in [1.54, 1.807) is 12.4 Å². The Morgan fingerprint density at radius 2 is 2.00 bits per heavy atom. The van der Waals surface area contributed by atoms with Gasteiger partial charge in [-0.05, 0) is 24.6 Å². The summed E-state index contributed by atoms with van der Waals surface area (Å²) in [4.78, 5) is 8.46. The molecule has 0 aliphatic carbocycles. The van der Waals surface area contributed by atoms with Gasteiger partial charge in [0.1, 0.15) is 0 Å². The number of aromatic nitrogens is 2. The number of hydrogen-bond acceptors (Lipinski definition) is 4. The van der Waals surface area contributed by atoms with Crippen LogP contribution >= 0.6 is 0 Å². The second-order valence-electron chi connectivity index (χ2n) is 4.11. The van der Waals surface area contributed by atoms with E-state index in [4.69, 9.17) is 5.73 Å². The molecule has 0 spiro atoms. The molecule has 20 heavy (non-hydrogen) atoms. The van der Waals surface area contributed by atoms with Gasteiger partial charge in [-0.25, -0.2) is 0 Å². The van der Waals surface area contributed by atoms with Gasteiger partial charge in [-0.1, -0.05) is 32.6 Å². The first kappa shape index (κ1) is 15.7. The summed E-state index contributed by atoms with van der Waals surface area (Å²) in [5.41, 5.74) is 10.1. The Balaban J connectivity index is 0.000000956. The molecule has 0 atom stereocenters. The van der Waals surface area contributed by atoms with E-state index in [9.17, 15) is 0 Å². The third-order valence-corrected chi connectivity index (χ3v) is 2.55. The first-order chi connectivity index (χ1) is 9.65. The third-order valence-electron chi connectivity index (χ3n) is 2.55. The van der Waals surface area contributed by atoms with Crippen molar-refractivity contribution < 1.29 is 0 Å². The second kappa shape index (κ2) is 7.94. The summed E-state index contributed by atoms with van der Waals surface area (Å²) in [6.07, 6.45) is 3.51. The van der Waals surface area contributed by atoms with Crippen LogP contribution in [0, 0.1) is 6.92 Å². The summed E-state index contributed by atoms with van der Waals surface area (Å²) in [6.45, 7) is 10.5. The van der Waals surface area contributed by atoms with Crippen molar-refractivity contribution in [3.05, 3.63) is 60.2 Å². The zero-order valence-corrected chi connectivity index (χ0v) is 12.4. The van der Waals surface area contributed by atoms with Gasteiger partial charge in [-0.15, -0.1) is 0 Å². The zero-order valence-electron chi connectivity index (χ0n) is 12.4. The van der Waals surface area contributed by atoms with E-state index in [0.717, 1.165) is 28.3 Å². The molecule has 1 heterocycles. The van der Waals surface area contributed by atoms with Gasteiger partial charge in [0.05, 0.1) is 24.1 Å². The normalized spacial score (nSPS) is 9.35. The number of nitrogens with zero attached hydrogens (tertiary/aromatic N) is 2. The lowest BCUT2D eigenvalue weighted by Gasteiger charge is -2.09. The molecule has 2 aromatic rings. The standard InChI is InChI=1S/C14H16N4.C2H6/c1-10-7-18-14(8-16-10)9-17-11(2)12-4-3-5-13(15)6-12;1-2/h3-8,17H,2,9,15H2,1H3;1-2H3. The lowest BCUT2D eigenvalue weighted by atomic mass is 10.1. The van der Waals surface area contributed by atoms with E-state index in [2.05, 4.69) is 21.9 Å². The maximum absolute atomic E-state index is 5.73. The molecule has 0 radical (unpaired) electrons. The van der Waals surface area contributed by atoms with Crippen LogP contribution in [0.4, 0.5) is 5.69 Å². The van der Waals surface area contributed by atoms with Crippen LogP contribution in [0.15, 0.2) is 43.2 Å². The average molecular weight is 270 g/mol. The van der Waals surface area contributed by atoms with Crippen LogP contribution in [-0.4, -0.2) is 9.97 Å². The third kappa shape index (κ3) is 4.72. The number of nitrogen functional groups attached to an aromatic ring is 1. The minimum absolute atomic E-state index is 0.598. The van der Waals surface area contributed by atoms with E-state index in [1.807, 2.05) is 45.0 Å². The number of benzene rings is 1.